The third kappa shape index (κ3) is 3.49. The van der Waals surface area contributed by atoms with Gasteiger partial charge in [-0.05, 0) is 30.5 Å². The van der Waals surface area contributed by atoms with Crippen molar-refractivity contribution in [3.63, 3.8) is 0 Å². The molecule has 1 aromatic heterocycles. The van der Waals surface area contributed by atoms with Crippen molar-refractivity contribution >= 4 is 27.5 Å². The van der Waals surface area contributed by atoms with E-state index in [4.69, 9.17) is 21.1 Å². The van der Waals surface area contributed by atoms with Crippen molar-refractivity contribution in [1.29, 1.82) is 0 Å². The average molecular weight is 373 g/mol. The molecule has 1 aromatic carbocycles. The number of nitrogens with zero attached hydrogens (tertiary/aromatic N) is 3. The smallest absolute Gasteiger partial charge is 0.162 e. The number of halogens is 2. The predicted octanol–water partition coefficient (Wildman–Crippen LogP) is 3.03. The van der Waals surface area contributed by atoms with Crippen molar-refractivity contribution in [2.75, 3.05) is 19.1 Å². The van der Waals surface area contributed by atoms with E-state index in [1.165, 1.54) is 0 Å². The standard InChI is InChI=1S/C14H15BrClN3O2/c15-12-7-14-13(20-4-5-21-14)6-10(12)8-19-9-11(17-18-19)2-1-3-16/h6-7,9H,1-5,8H2. The Kier molecular flexibility index (Phi) is 4.65. The maximum Gasteiger partial charge on any atom is 0.162 e. The van der Waals surface area contributed by atoms with E-state index >= 15 is 0 Å². The minimum absolute atomic E-state index is 0.583. The summed E-state index contributed by atoms with van der Waals surface area (Å²) in [4.78, 5) is 0. The molecule has 21 heavy (non-hydrogen) atoms. The Labute approximate surface area is 136 Å². The number of rotatable bonds is 5. The number of hydrogen-bond acceptors (Lipinski definition) is 4. The van der Waals surface area contributed by atoms with E-state index in [1.54, 1.807) is 0 Å². The van der Waals surface area contributed by atoms with Gasteiger partial charge in [0.25, 0.3) is 0 Å². The number of fused-ring (bicyclic) bond motifs is 1. The van der Waals surface area contributed by atoms with Gasteiger partial charge < -0.3 is 9.47 Å². The molecule has 2 heterocycles. The number of aryl methyl sites for hydroxylation is 1. The predicted molar refractivity (Wildman–Crippen MR) is 83.3 cm³/mol. The highest BCUT2D eigenvalue weighted by molar-refractivity contribution is 9.10. The fourth-order valence-corrected chi connectivity index (χ4v) is 2.76. The summed E-state index contributed by atoms with van der Waals surface area (Å²) < 4.78 is 14.0. The molecule has 0 unspecified atom stereocenters. The summed E-state index contributed by atoms with van der Waals surface area (Å²) in [5.74, 6) is 2.20. The Bertz CT molecular complexity index is 633. The van der Waals surface area contributed by atoms with Gasteiger partial charge in [0.1, 0.15) is 13.2 Å². The quantitative estimate of drug-likeness (QED) is 0.757. The second-order valence-electron chi connectivity index (χ2n) is 4.79. The maximum atomic E-state index is 5.69. The van der Waals surface area contributed by atoms with E-state index < -0.39 is 0 Å². The summed E-state index contributed by atoms with van der Waals surface area (Å²) in [5.41, 5.74) is 2.04. The van der Waals surface area contributed by atoms with Crippen molar-refractivity contribution < 1.29 is 9.47 Å². The number of hydrogen-bond donors (Lipinski definition) is 0. The maximum absolute atomic E-state index is 5.69. The molecular weight excluding hydrogens is 358 g/mol. The molecule has 112 valence electrons. The lowest BCUT2D eigenvalue weighted by atomic mass is 10.2. The van der Waals surface area contributed by atoms with Crippen LogP contribution in [0, 0.1) is 0 Å². The van der Waals surface area contributed by atoms with Crippen LogP contribution in [0.2, 0.25) is 0 Å². The molecule has 0 spiro atoms. The molecular formula is C14H15BrClN3O2. The molecule has 7 heteroatoms. The number of benzene rings is 1. The molecule has 2 aromatic rings. The zero-order valence-corrected chi connectivity index (χ0v) is 13.7. The summed E-state index contributed by atoms with van der Waals surface area (Å²) in [6, 6.07) is 3.92. The molecule has 3 rings (SSSR count). The van der Waals surface area contributed by atoms with Gasteiger partial charge in [-0.1, -0.05) is 21.1 Å². The van der Waals surface area contributed by atoms with Crippen molar-refractivity contribution in [1.82, 2.24) is 15.0 Å². The van der Waals surface area contributed by atoms with E-state index in [2.05, 4.69) is 26.2 Å². The van der Waals surface area contributed by atoms with Gasteiger partial charge in [-0.15, -0.1) is 16.7 Å². The highest BCUT2D eigenvalue weighted by atomic mass is 79.9. The average Bonchev–Trinajstić information content (AvgIpc) is 2.93. The minimum Gasteiger partial charge on any atom is -0.486 e. The van der Waals surface area contributed by atoms with Gasteiger partial charge in [0, 0.05) is 16.5 Å². The van der Waals surface area contributed by atoms with Crippen LogP contribution in [-0.2, 0) is 13.0 Å². The Morgan fingerprint density at radius 2 is 2.00 bits per heavy atom. The van der Waals surface area contributed by atoms with Crippen LogP contribution >= 0.6 is 27.5 Å². The van der Waals surface area contributed by atoms with Crippen LogP contribution in [0.3, 0.4) is 0 Å². The van der Waals surface area contributed by atoms with Crippen LogP contribution in [0.5, 0.6) is 11.5 Å². The van der Waals surface area contributed by atoms with Gasteiger partial charge in [0.05, 0.1) is 12.2 Å². The summed E-state index contributed by atoms with van der Waals surface area (Å²) in [5, 5.41) is 8.30. The zero-order valence-electron chi connectivity index (χ0n) is 11.4. The normalized spacial score (nSPS) is 13.4. The monoisotopic (exact) mass is 371 g/mol. The molecule has 0 N–H and O–H groups in total. The van der Waals surface area contributed by atoms with Crippen LogP contribution in [0.15, 0.2) is 22.8 Å². The fraction of sp³-hybridized carbons (Fsp3) is 0.429. The van der Waals surface area contributed by atoms with Crippen LogP contribution < -0.4 is 9.47 Å². The Morgan fingerprint density at radius 1 is 1.24 bits per heavy atom. The highest BCUT2D eigenvalue weighted by Crippen LogP contribution is 2.35. The van der Waals surface area contributed by atoms with Crippen molar-refractivity contribution in [2.24, 2.45) is 0 Å². The van der Waals surface area contributed by atoms with E-state index in [0.29, 0.717) is 25.6 Å². The first-order valence-corrected chi connectivity index (χ1v) is 8.12. The lowest BCUT2D eigenvalue weighted by Crippen LogP contribution is -2.16. The van der Waals surface area contributed by atoms with Crippen LogP contribution in [0.1, 0.15) is 17.7 Å². The first kappa shape index (κ1) is 14.7. The largest absolute Gasteiger partial charge is 0.486 e. The third-order valence-electron chi connectivity index (χ3n) is 3.20. The SMILES string of the molecule is ClCCCc1cn(Cc2cc3c(cc2Br)OCCO3)nn1. The van der Waals surface area contributed by atoms with Crippen molar-refractivity contribution in [2.45, 2.75) is 19.4 Å². The second kappa shape index (κ2) is 6.66. The van der Waals surface area contributed by atoms with Gasteiger partial charge in [-0.2, -0.15) is 0 Å². The van der Waals surface area contributed by atoms with Gasteiger partial charge in [-0.3, -0.25) is 0 Å². The van der Waals surface area contributed by atoms with E-state index in [1.807, 2.05) is 23.0 Å². The summed E-state index contributed by atoms with van der Waals surface area (Å²) >= 11 is 9.26. The molecule has 1 aliphatic rings. The van der Waals surface area contributed by atoms with Gasteiger partial charge in [0.2, 0.25) is 0 Å². The van der Waals surface area contributed by atoms with Gasteiger partial charge in [0.15, 0.2) is 11.5 Å². The van der Waals surface area contributed by atoms with Crippen LogP contribution in [0.25, 0.3) is 0 Å². The van der Waals surface area contributed by atoms with Crippen molar-refractivity contribution in [3.05, 3.63) is 34.1 Å². The third-order valence-corrected chi connectivity index (χ3v) is 4.20. The van der Waals surface area contributed by atoms with Crippen LogP contribution in [0.4, 0.5) is 0 Å². The van der Waals surface area contributed by atoms with E-state index in [-0.39, 0.29) is 0 Å². The molecule has 0 saturated heterocycles. The molecule has 0 bridgehead atoms. The second-order valence-corrected chi connectivity index (χ2v) is 6.02. The fourth-order valence-electron chi connectivity index (χ4n) is 2.18. The molecule has 0 saturated carbocycles. The summed E-state index contributed by atoms with van der Waals surface area (Å²) in [7, 11) is 0. The van der Waals surface area contributed by atoms with Crippen molar-refractivity contribution in [3.8, 4) is 11.5 Å². The first-order chi connectivity index (χ1) is 10.3. The van der Waals surface area contributed by atoms with Crippen LogP contribution in [-0.4, -0.2) is 34.1 Å². The lowest BCUT2D eigenvalue weighted by molar-refractivity contribution is 0.171. The van der Waals surface area contributed by atoms with Gasteiger partial charge >= 0.3 is 0 Å². The minimum atomic E-state index is 0.583. The van der Waals surface area contributed by atoms with Gasteiger partial charge in [-0.25, -0.2) is 4.68 Å². The summed E-state index contributed by atoms with van der Waals surface area (Å²) in [6.07, 6.45) is 3.72. The van der Waals surface area contributed by atoms with E-state index in [9.17, 15) is 0 Å². The highest BCUT2D eigenvalue weighted by Gasteiger charge is 2.15. The molecule has 1 aliphatic heterocycles. The topological polar surface area (TPSA) is 49.2 Å². The van der Waals surface area contributed by atoms with E-state index in [0.717, 1.165) is 40.1 Å². The first-order valence-electron chi connectivity index (χ1n) is 6.79. The summed E-state index contributed by atoms with van der Waals surface area (Å²) in [6.45, 7) is 1.80. The lowest BCUT2D eigenvalue weighted by Gasteiger charge is -2.19. The number of ether oxygens (including phenoxy) is 2. The molecule has 0 fully saturated rings. The number of alkyl halides is 1. The molecule has 5 nitrogen and oxygen atoms in total. The molecule has 0 aliphatic carbocycles. The Morgan fingerprint density at radius 3 is 2.76 bits per heavy atom. The Balaban J connectivity index is 1.76. The molecule has 0 atom stereocenters. The molecule has 0 radical (unpaired) electrons. The Hall–Kier alpha value is -1.27. The zero-order chi connectivity index (χ0) is 14.7. The molecule has 0 amide bonds. The number of aromatic nitrogens is 3.